The Morgan fingerprint density at radius 3 is 3.05 bits per heavy atom. The monoisotopic (exact) mass is 276 g/mol. The minimum absolute atomic E-state index is 0.0842. The molecule has 1 aromatic carbocycles. The van der Waals surface area contributed by atoms with Gasteiger partial charge in [0.1, 0.15) is 0 Å². The molecular formula is C16H24N2O2. The number of amides is 2. The lowest BCUT2D eigenvalue weighted by Gasteiger charge is -2.27. The molecular weight excluding hydrogens is 252 g/mol. The van der Waals surface area contributed by atoms with Crippen molar-refractivity contribution in [1.82, 2.24) is 10.6 Å². The summed E-state index contributed by atoms with van der Waals surface area (Å²) < 4.78 is 0. The summed E-state index contributed by atoms with van der Waals surface area (Å²) in [5, 5.41) is 14.8. The molecule has 4 nitrogen and oxygen atoms in total. The van der Waals surface area contributed by atoms with Gasteiger partial charge in [0, 0.05) is 12.6 Å². The lowest BCUT2D eigenvalue weighted by Crippen LogP contribution is -2.43. The van der Waals surface area contributed by atoms with Crippen molar-refractivity contribution in [2.75, 3.05) is 6.61 Å². The Morgan fingerprint density at radius 2 is 2.25 bits per heavy atom. The summed E-state index contributed by atoms with van der Waals surface area (Å²) in [7, 11) is 0. The third kappa shape index (κ3) is 3.97. The van der Waals surface area contributed by atoms with Gasteiger partial charge in [-0.3, -0.25) is 0 Å². The van der Waals surface area contributed by atoms with Crippen molar-refractivity contribution >= 4 is 6.03 Å². The summed E-state index contributed by atoms with van der Waals surface area (Å²) in [4.78, 5) is 12.0. The van der Waals surface area contributed by atoms with E-state index < -0.39 is 0 Å². The molecule has 2 amide bonds. The van der Waals surface area contributed by atoms with Crippen LogP contribution in [0.15, 0.2) is 24.3 Å². The van der Waals surface area contributed by atoms with Crippen LogP contribution in [-0.2, 0) is 6.42 Å². The lowest BCUT2D eigenvalue weighted by molar-refractivity contribution is 0.229. The Kier molecular flexibility index (Phi) is 5.41. The Bertz CT molecular complexity index is 448. The summed E-state index contributed by atoms with van der Waals surface area (Å²) >= 11 is 0. The fourth-order valence-electron chi connectivity index (χ4n) is 2.80. The van der Waals surface area contributed by atoms with Gasteiger partial charge in [0.05, 0.1) is 6.04 Å². The normalized spacial score (nSPS) is 19.0. The molecule has 4 heteroatoms. The lowest BCUT2D eigenvalue weighted by atomic mass is 9.88. The van der Waals surface area contributed by atoms with Crippen molar-refractivity contribution in [3.63, 3.8) is 0 Å². The summed E-state index contributed by atoms with van der Waals surface area (Å²) in [6, 6.07) is 8.42. The van der Waals surface area contributed by atoms with Crippen molar-refractivity contribution in [1.29, 1.82) is 0 Å². The molecule has 0 saturated carbocycles. The van der Waals surface area contributed by atoms with Gasteiger partial charge in [-0.2, -0.15) is 0 Å². The number of carbonyl (C=O) groups excluding carboxylic acids is 1. The molecule has 1 aliphatic rings. The van der Waals surface area contributed by atoms with E-state index in [9.17, 15) is 4.79 Å². The van der Waals surface area contributed by atoms with Crippen molar-refractivity contribution < 1.29 is 9.90 Å². The van der Waals surface area contributed by atoms with E-state index >= 15 is 0 Å². The highest BCUT2D eigenvalue weighted by molar-refractivity contribution is 5.74. The van der Waals surface area contributed by atoms with Gasteiger partial charge in [0.25, 0.3) is 0 Å². The van der Waals surface area contributed by atoms with Gasteiger partial charge < -0.3 is 15.7 Å². The number of rotatable bonds is 5. The summed E-state index contributed by atoms with van der Waals surface area (Å²) in [6.07, 6.45) is 4.72. The SMILES string of the molecule is CC(CCCO)NC(=O)NC1CCCc2ccccc21. The molecule has 0 radical (unpaired) electrons. The molecule has 0 fully saturated rings. The van der Waals surface area contributed by atoms with Crippen LogP contribution in [0.1, 0.15) is 49.8 Å². The molecule has 2 atom stereocenters. The zero-order chi connectivity index (χ0) is 14.4. The Balaban J connectivity index is 1.89. The fraction of sp³-hybridized carbons (Fsp3) is 0.562. The topological polar surface area (TPSA) is 61.4 Å². The van der Waals surface area contributed by atoms with E-state index in [1.165, 1.54) is 11.1 Å². The van der Waals surface area contributed by atoms with Crippen LogP contribution >= 0.6 is 0 Å². The maximum atomic E-state index is 12.0. The molecule has 0 heterocycles. The predicted molar refractivity (Wildman–Crippen MR) is 79.6 cm³/mol. The highest BCUT2D eigenvalue weighted by Gasteiger charge is 2.21. The van der Waals surface area contributed by atoms with Crippen LogP contribution in [0.2, 0.25) is 0 Å². The molecule has 20 heavy (non-hydrogen) atoms. The Hall–Kier alpha value is -1.55. The molecule has 3 N–H and O–H groups in total. The van der Waals surface area contributed by atoms with Crippen molar-refractivity contribution in [3.05, 3.63) is 35.4 Å². The zero-order valence-corrected chi connectivity index (χ0v) is 12.1. The van der Waals surface area contributed by atoms with Gasteiger partial charge >= 0.3 is 6.03 Å². The average Bonchev–Trinajstić information content (AvgIpc) is 2.45. The van der Waals surface area contributed by atoms with Crippen LogP contribution in [0, 0.1) is 0 Å². The molecule has 1 aromatic rings. The quantitative estimate of drug-likeness (QED) is 0.774. The highest BCUT2D eigenvalue weighted by Crippen LogP contribution is 2.29. The first-order valence-corrected chi connectivity index (χ1v) is 7.46. The van der Waals surface area contributed by atoms with Crippen LogP contribution < -0.4 is 10.6 Å². The van der Waals surface area contributed by atoms with Crippen molar-refractivity contribution in [2.24, 2.45) is 0 Å². The van der Waals surface area contributed by atoms with E-state index in [2.05, 4.69) is 28.8 Å². The molecule has 0 aliphatic heterocycles. The number of aryl methyl sites for hydroxylation is 1. The van der Waals surface area contributed by atoms with Crippen LogP contribution in [0.25, 0.3) is 0 Å². The predicted octanol–water partition coefficient (Wildman–Crippen LogP) is 2.52. The van der Waals surface area contributed by atoms with E-state index in [0.29, 0.717) is 6.42 Å². The zero-order valence-electron chi connectivity index (χ0n) is 12.1. The maximum Gasteiger partial charge on any atom is 0.315 e. The largest absolute Gasteiger partial charge is 0.396 e. The number of carbonyl (C=O) groups is 1. The van der Waals surface area contributed by atoms with Gasteiger partial charge in [-0.1, -0.05) is 24.3 Å². The van der Waals surface area contributed by atoms with Crippen LogP contribution in [0.3, 0.4) is 0 Å². The standard InChI is InChI=1S/C16H24N2O2/c1-12(6-5-11-19)17-16(20)18-15-10-4-8-13-7-2-3-9-14(13)15/h2-3,7,9,12,15,19H,4-6,8,10-11H2,1H3,(H2,17,18,20). The maximum absolute atomic E-state index is 12.0. The first-order valence-electron chi connectivity index (χ1n) is 7.46. The number of nitrogens with one attached hydrogen (secondary N) is 2. The van der Waals surface area contributed by atoms with Gasteiger partial charge in [-0.15, -0.1) is 0 Å². The van der Waals surface area contributed by atoms with E-state index in [1.54, 1.807) is 0 Å². The minimum Gasteiger partial charge on any atom is -0.396 e. The molecule has 2 rings (SSSR count). The van der Waals surface area contributed by atoms with Crippen LogP contribution in [-0.4, -0.2) is 23.8 Å². The molecule has 110 valence electrons. The summed E-state index contributed by atoms with van der Waals surface area (Å²) in [6.45, 7) is 2.13. The van der Waals surface area contributed by atoms with E-state index in [-0.39, 0.29) is 24.7 Å². The molecule has 0 spiro atoms. The molecule has 0 aromatic heterocycles. The fourth-order valence-corrected chi connectivity index (χ4v) is 2.80. The second-order valence-corrected chi connectivity index (χ2v) is 5.53. The Labute approximate surface area is 120 Å². The number of urea groups is 1. The summed E-state index contributed by atoms with van der Waals surface area (Å²) in [5.41, 5.74) is 2.59. The number of hydrogen-bond donors (Lipinski definition) is 3. The van der Waals surface area contributed by atoms with E-state index in [1.807, 2.05) is 13.0 Å². The number of aliphatic hydroxyl groups is 1. The first-order chi connectivity index (χ1) is 9.70. The van der Waals surface area contributed by atoms with Crippen molar-refractivity contribution in [3.8, 4) is 0 Å². The number of aliphatic hydroxyl groups excluding tert-OH is 1. The van der Waals surface area contributed by atoms with Gasteiger partial charge in [0.2, 0.25) is 0 Å². The molecule has 0 saturated heterocycles. The van der Waals surface area contributed by atoms with Crippen LogP contribution in [0.5, 0.6) is 0 Å². The number of fused-ring (bicyclic) bond motifs is 1. The van der Waals surface area contributed by atoms with Crippen LogP contribution in [0.4, 0.5) is 4.79 Å². The molecule has 1 aliphatic carbocycles. The molecule has 0 bridgehead atoms. The number of hydrogen-bond acceptors (Lipinski definition) is 2. The van der Waals surface area contributed by atoms with Crippen molar-refractivity contribution in [2.45, 2.75) is 51.1 Å². The smallest absolute Gasteiger partial charge is 0.315 e. The van der Waals surface area contributed by atoms with E-state index in [0.717, 1.165) is 25.7 Å². The Morgan fingerprint density at radius 1 is 1.45 bits per heavy atom. The second kappa shape index (κ2) is 7.29. The third-order valence-electron chi connectivity index (χ3n) is 3.85. The van der Waals surface area contributed by atoms with Gasteiger partial charge in [-0.05, 0) is 50.2 Å². The van der Waals surface area contributed by atoms with E-state index in [4.69, 9.17) is 5.11 Å². The average molecular weight is 276 g/mol. The summed E-state index contributed by atoms with van der Waals surface area (Å²) in [5.74, 6) is 0. The van der Waals surface area contributed by atoms with Gasteiger partial charge in [0.15, 0.2) is 0 Å². The van der Waals surface area contributed by atoms with Gasteiger partial charge in [-0.25, -0.2) is 4.79 Å². The number of benzene rings is 1. The molecule has 2 unspecified atom stereocenters. The first kappa shape index (κ1) is 14.9. The second-order valence-electron chi connectivity index (χ2n) is 5.53. The third-order valence-corrected chi connectivity index (χ3v) is 3.85. The highest BCUT2D eigenvalue weighted by atomic mass is 16.3. The minimum atomic E-state index is -0.114.